The molecule has 0 aliphatic carbocycles. The van der Waals surface area contributed by atoms with Crippen molar-refractivity contribution in [3.63, 3.8) is 0 Å². The lowest BCUT2D eigenvalue weighted by Crippen LogP contribution is -2.37. The molecule has 0 saturated heterocycles. The number of para-hydroxylation sites is 1. The minimum atomic E-state index is -0.743. The average Bonchev–Trinajstić information content (AvgIpc) is 3.34. The smallest absolute Gasteiger partial charge is 0.322 e. The predicted molar refractivity (Wildman–Crippen MR) is 149 cm³/mol. The Morgan fingerprint density at radius 3 is 2.74 bits per heavy atom. The minimum Gasteiger partial charge on any atom is -0.478 e. The molecule has 1 aliphatic heterocycles. The quantitative estimate of drug-likeness (QED) is 0.235. The molecule has 7 nitrogen and oxygen atoms in total. The van der Waals surface area contributed by atoms with Crippen LogP contribution in [0.4, 0.5) is 20.7 Å². The zero-order valence-corrected chi connectivity index (χ0v) is 22.4. The van der Waals surface area contributed by atoms with E-state index in [1.165, 1.54) is 12.1 Å². The molecule has 0 bridgehead atoms. The molecule has 0 saturated carbocycles. The number of furan rings is 1. The van der Waals surface area contributed by atoms with Gasteiger partial charge < -0.3 is 25.1 Å². The SMILES string of the molecule is C[C@@H](Oc1c(N)ncc2c(C3=CCN(C(=O)Nc4ccccc4Cl)CC3)coc12)c1c(Cl)ccc(F)c1Cl. The van der Waals surface area contributed by atoms with E-state index in [-0.39, 0.29) is 27.6 Å². The van der Waals surface area contributed by atoms with Gasteiger partial charge in [0.1, 0.15) is 11.9 Å². The van der Waals surface area contributed by atoms with Gasteiger partial charge >= 0.3 is 6.03 Å². The summed E-state index contributed by atoms with van der Waals surface area (Å²) in [6.45, 7) is 2.58. The first-order valence-electron chi connectivity index (χ1n) is 11.7. The van der Waals surface area contributed by atoms with Crippen LogP contribution in [0, 0.1) is 5.82 Å². The van der Waals surface area contributed by atoms with E-state index < -0.39 is 11.9 Å². The van der Waals surface area contributed by atoms with Crippen molar-refractivity contribution >= 4 is 68.9 Å². The molecule has 38 heavy (non-hydrogen) atoms. The number of nitrogen functional groups attached to an aromatic ring is 1. The number of benzene rings is 2. The molecule has 3 heterocycles. The molecule has 0 unspecified atom stereocenters. The van der Waals surface area contributed by atoms with E-state index in [0.29, 0.717) is 46.8 Å². The molecule has 11 heteroatoms. The van der Waals surface area contributed by atoms with Crippen molar-refractivity contribution in [2.24, 2.45) is 0 Å². The average molecular weight is 576 g/mol. The normalized spacial score (nSPS) is 14.3. The number of nitrogens with zero attached hydrogens (tertiary/aromatic N) is 2. The van der Waals surface area contributed by atoms with E-state index in [9.17, 15) is 9.18 Å². The van der Waals surface area contributed by atoms with Gasteiger partial charge in [-0.05, 0) is 43.2 Å². The summed E-state index contributed by atoms with van der Waals surface area (Å²) in [4.78, 5) is 18.7. The van der Waals surface area contributed by atoms with Crippen molar-refractivity contribution in [3.8, 4) is 5.75 Å². The summed E-state index contributed by atoms with van der Waals surface area (Å²) in [5, 5.41) is 4.14. The Morgan fingerprint density at radius 2 is 2.00 bits per heavy atom. The lowest BCUT2D eigenvalue weighted by Gasteiger charge is -2.26. The van der Waals surface area contributed by atoms with Gasteiger partial charge in [0, 0.05) is 35.4 Å². The van der Waals surface area contributed by atoms with Gasteiger partial charge in [0.05, 0.1) is 27.4 Å². The first-order chi connectivity index (χ1) is 18.2. The number of hydrogen-bond acceptors (Lipinski definition) is 5. The summed E-state index contributed by atoms with van der Waals surface area (Å²) >= 11 is 18.6. The van der Waals surface area contributed by atoms with Crippen molar-refractivity contribution < 1.29 is 18.3 Å². The highest BCUT2D eigenvalue weighted by molar-refractivity contribution is 6.36. The molecular formula is C27H22Cl3FN4O3. The van der Waals surface area contributed by atoms with E-state index in [1.807, 2.05) is 6.08 Å². The van der Waals surface area contributed by atoms with Gasteiger partial charge in [0.15, 0.2) is 11.4 Å². The number of aromatic nitrogens is 1. The molecule has 0 spiro atoms. The number of fused-ring (bicyclic) bond motifs is 1. The number of nitrogens with one attached hydrogen (secondary N) is 1. The maximum Gasteiger partial charge on any atom is 0.322 e. The third kappa shape index (κ3) is 4.99. The Morgan fingerprint density at radius 1 is 1.21 bits per heavy atom. The Balaban J connectivity index is 1.37. The van der Waals surface area contributed by atoms with Gasteiger partial charge in [-0.15, -0.1) is 0 Å². The predicted octanol–water partition coefficient (Wildman–Crippen LogP) is 7.97. The molecule has 196 valence electrons. The van der Waals surface area contributed by atoms with E-state index in [2.05, 4.69) is 10.3 Å². The highest BCUT2D eigenvalue weighted by Crippen LogP contribution is 2.41. The molecule has 0 radical (unpaired) electrons. The second-order valence-electron chi connectivity index (χ2n) is 8.72. The van der Waals surface area contributed by atoms with Gasteiger partial charge in [0.2, 0.25) is 5.75 Å². The van der Waals surface area contributed by atoms with Crippen LogP contribution in [0.1, 0.15) is 30.6 Å². The number of halogens is 4. The summed E-state index contributed by atoms with van der Waals surface area (Å²) in [5.74, 6) is -0.298. The third-order valence-corrected chi connectivity index (χ3v) is 7.38. The lowest BCUT2D eigenvalue weighted by atomic mass is 9.99. The summed E-state index contributed by atoms with van der Waals surface area (Å²) in [6.07, 6.45) is 5.03. The van der Waals surface area contributed by atoms with Crippen LogP contribution in [0.25, 0.3) is 16.5 Å². The summed E-state index contributed by atoms with van der Waals surface area (Å²) < 4.78 is 26.0. The second-order valence-corrected chi connectivity index (χ2v) is 9.91. The van der Waals surface area contributed by atoms with Crippen LogP contribution in [-0.4, -0.2) is 29.0 Å². The first kappa shape index (κ1) is 26.2. The Kier molecular flexibility index (Phi) is 7.38. The maximum atomic E-state index is 14.1. The minimum absolute atomic E-state index is 0.106. The number of urea groups is 1. The maximum absolute atomic E-state index is 14.1. The molecule has 5 rings (SSSR count). The van der Waals surface area contributed by atoms with Crippen molar-refractivity contribution in [1.29, 1.82) is 0 Å². The van der Waals surface area contributed by atoms with E-state index in [0.717, 1.165) is 11.1 Å². The highest BCUT2D eigenvalue weighted by atomic mass is 35.5. The standard InChI is InChI=1S/C27H22Cl3FN4O3/c1-14(22-19(29)6-7-20(31)23(22)30)38-25-24-16(12-33-26(25)32)17(13-37-24)15-8-10-35(11-9-15)27(36)34-21-5-3-2-4-18(21)28/h2-8,12-14H,9-11H2,1H3,(H2,32,33)(H,34,36)/t14-/m1/s1. The third-order valence-electron chi connectivity index (χ3n) is 6.34. The van der Waals surface area contributed by atoms with Crippen LogP contribution in [0.5, 0.6) is 5.75 Å². The monoisotopic (exact) mass is 574 g/mol. The van der Waals surface area contributed by atoms with Crippen LogP contribution in [0.15, 0.2) is 59.4 Å². The van der Waals surface area contributed by atoms with Gasteiger partial charge in [-0.25, -0.2) is 14.2 Å². The fourth-order valence-corrected chi connectivity index (χ4v) is 5.21. The lowest BCUT2D eigenvalue weighted by molar-refractivity contribution is 0.217. The van der Waals surface area contributed by atoms with Crippen LogP contribution in [-0.2, 0) is 0 Å². The first-order valence-corrected chi connectivity index (χ1v) is 12.8. The Bertz CT molecular complexity index is 1570. The van der Waals surface area contributed by atoms with Gasteiger partial charge in [-0.2, -0.15) is 0 Å². The molecule has 4 aromatic rings. The summed E-state index contributed by atoms with van der Waals surface area (Å²) in [6, 6.07) is 9.44. The molecule has 1 atom stereocenters. The van der Waals surface area contributed by atoms with Crippen LogP contribution in [0.2, 0.25) is 15.1 Å². The van der Waals surface area contributed by atoms with Crippen LogP contribution >= 0.6 is 34.8 Å². The molecule has 2 aromatic carbocycles. The summed E-state index contributed by atoms with van der Waals surface area (Å²) in [7, 11) is 0. The number of carbonyl (C=O) groups excluding carboxylic acids is 1. The topological polar surface area (TPSA) is 93.6 Å². The van der Waals surface area contributed by atoms with Crippen molar-refractivity contribution in [3.05, 3.63) is 86.9 Å². The number of amides is 2. The largest absolute Gasteiger partial charge is 0.478 e. The van der Waals surface area contributed by atoms with Gasteiger partial charge in [0.25, 0.3) is 0 Å². The fraction of sp³-hybridized carbons (Fsp3) is 0.185. The van der Waals surface area contributed by atoms with Crippen molar-refractivity contribution in [2.75, 3.05) is 24.1 Å². The number of anilines is 2. The highest BCUT2D eigenvalue weighted by Gasteiger charge is 2.25. The number of ether oxygens (including phenoxy) is 1. The Labute approximate surface area is 232 Å². The number of pyridine rings is 1. The van der Waals surface area contributed by atoms with Crippen molar-refractivity contribution in [1.82, 2.24) is 9.88 Å². The zero-order valence-electron chi connectivity index (χ0n) is 20.1. The second kappa shape index (κ2) is 10.7. The van der Waals surface area contributed by atoms with Crippen LogP contribution in [0.3, 0.4) is 0 Å². The fourth-order valence-electron chi connectivity index (χ4n) is 4.35. The number of rotatable bonds is 5. The number of carbonyl (C=O) groups is 1. The number of hydrogen-bond donors (Lipinski definition) is 2. The summed E-state index contributed by atoms with van der Waals surface area (Å²) in [5.41, 5.74) is 9.17. The molecule has 0 fully saturated rings. The van der Waals surface area contributed by atoms with E-state index in [4.69, 9.17) is 49.7 Å². The van der Waals surface area contributed by atoms with Gasteiger partial charge in [-0.3, -0.25) is 0 Å². The molecule has 1 aliphatic rings. The van der Waals surface area contributed by atoms with Gasteiger partial charge in [-0.1, -0.05) is 53.0 Å². The molecule has 3 N–H and O–H groups in total. The van der Waals surface area contributed by atoms with Crippen molar-refractivity contribution in [2.45, 2.75) is 19.4 Å². The zero-order chi connectivity index (χ0) is 27.0. The van der Waals surface area contributed by atoms with E-state index >= 15 is 0 Å². The Hall–Kier alpha value is -3.46. The molecular weight excluding hydrogens is 554 g/mol. The van der Waals surface area contributed by atoms with Crippen LogP contribution < -0.4 is 15.8 Å². The van der Waals surface area contributed by atoms with E-state index in [1.54, 1.807) is 48.5 Å². The number of nitrogens with two attached hydrogens (primary N) is 1. The molecule has 2 amide bonds. The molecule has 2 aromatic heterocycles.